The Bertz CT molecular complexity index is 208. The smallest absolute Gasteiger partial charge is 0.335 e. The topological polar surface area (TPSA) is 37.3 Å². The molecule has 0 aliphatic heterocycles. The van der Waals surface area contributed by atoms with Crippen molar-refractivity contribution in [2.75, 3.05) is 0 Å². The van der Waals surface area contributed by atoms with Crippen LogP contribution in [0.1, 0.15) is 10.4 Å². The fraction of sp³-hybridized carbons (Fsp3) is 0. The molecular formula is C7H6CdO2. The fourth-order valence-electron chi connectivity index (χ4n) is 0.581. The maximum Gasteiger partial charge on any atom is 0.335 e. The predicted molar refractivity (Wildman–Crippen MR) is 33.4 cm³/mol. The zero-order valence-electron chi connectivity index (χ0n) is 5.45. The standard InChI is InChI=1S/C7H6O2.Cd/c8-7(9)6-4-2-1-3-5-6;/h1-5H,(H,8,9);. The zero-order valence-corrected chi connectivity index (χ0v) is 9.49. The molecule has 1 aromatic carbocycles. The van der Waals surface area contributed by atoms with Crippen molar-refractivity contribution in [2.24, 2.45) is 0 Å². The molecule has 0 saturated heterocycles. The average Bonchev–Trinajstić information content (AvgIpc) is 1.90. The van der Waals surface area contributed by atoms with E-state index in [1.165, 1.54) is 0 Å². The monoisotopic (exact) mass is 236 g/mol. The molecule has 3 heteroatoms. The predicted octanol–water partition coefficient (Wildman–Crippen LogP) is 1.38. The molecule has 0 atom stereocenters. The number of carboxylic acids is 1. The Morgan fingerprint density at radius 3 is 2.00 bits per heavy atom. The van der Waals surface area contributed by atoms with Crippen LogP contribution < -0.4 is 0 Å². The van der Waals surface area contributed by atoms with Gasteiger partial charge in [-0.25, -0.2) is 4.79 Å². The minimum atomic E-state index is -0.879. The third kappa shape index (κ3) is 2.47. The van der Waals surface area contributed by atoms with Crippen molar-refractivity contribution in [3.05, 3.63) is 35.9 Å². The van der Waals surface area contributed by atoms with Gasteiger partial charge in [-0.1, -0.05) is 18.2 Å². The number of hydrogen-bond acceptors (Lipinski definition) is 1. The van der Waals surface area contributed by atoms with Crippen LogP contribution in [0.15, 0.2) is 30.3 Å². The third-order valence-corrected chi connectivity index (χ3v) is 1.02. The Morgan fingerprint density at radius 1 is 1.20 bits per heavy atom. The van der Waals surface area contributed by atoms with E-state index < -0.39 is 5.97 Å². The van der Waals surface area contributed by atoms with E-state index in [4.69, 9.17) is 5.11 Å². The average molecular weight is 235 g/mol. The van der Waals surface area contributed by atoms with Crippen LogP contribution in [-0.4, -0.2) is 11.1 Å². The molecule has 0 saturated carbocycles. The van der Waals surface area contributed by atoms with Gasteiger partial charge < -0.3 is 5.11 Å². The Labute approximate surface area is 79.0 Å². The second kappa shape index (κ2) is 4.43. The van der Waals surface area contributed by atoms with Crippen LogP contribution in [0.25, 0.3) is 0 Å². The van der Waals surface area contributed by atoms with Crippen LogP contribution >= 0.6 is 0 Å². The first-order chi connectivity index (χ1) is 4.30. The van der Waals surface area contributed by atoms with Crippen LogP contribution in [0.3, 0.4) is 0 Å². The minimum Gasteiger partial charge on any atom is -0.478 e. The van der Waals surface area contributed by atoms with Gasteiger partial charge in [0.15, 0.2) is 0 Å². The molecule has 0 aliphatic carbocycles. The number of aromatic carboxylic acids is 1. The van der Waals surface area contributed by atoms with Gasteiger partial charge >= 0.3 is 5.97 Å². The third-order valence-electron chi connectivity index (χ3n) is 1.02. The quantitative estimate of drug-likeness (QED) is 0.746. The molecule has 0 aliphatic rings. The summed E-state index contributed by atoms with van der Waals surface area (Å²) in [7, 11) is 0. The molecule has 48 valence electrons. The first-order valence-corrected chi connectivity index (χ1v) is 2.59. The van der Waals surface area contributed by atoms with E-state index in [1.807, 2.05) is 0 Å². The van der Waals surface area contributed by atoms with E-state index >= 15 is 0 Å². The van der Waals surface area contributed by atoms with Gasteiger partial charge in [0, 0.05) is 27.3 Å². The van der Waals surface area contributed by atoms with E-state index in [2.05, 4.69) is 0 Å². The van der Waals surface area contributed by atoms with Crippen LogP contribution in [0, 0.1) is 0 Å². The van der Waals surface area contributed by atoms with Gasteiger partial charge in [0.25, 0.3) is 0 Å². The van der Waals surface area contributed by atoms with Crippen molar-refractivity contribution in [3.63, 3.8) is 0 Å². The van der Waals surface area contributed by atoms with Crippen molar-refractivity contribution in [2.45, 2.75) is 0 Å². The summed E-state index contributed by atoms with van der Waals surface area (Å²) >= 11 is 0. The molecule has 0 spiro atoms. The Kier molecular flexibility index (Phi) is 4.26. The van der Waals surface area contributed by atoms with Crippen molar-refractivity contribution in [1.82, 2.24) is 0 Å². The number of benzene rings is 1. The zero-order chi connectivity index (χ0) is 6.69. The van der Waals surface area contributed by atoms with Crippen molar-refractivity contribution in [1.29, 1.82) is 0 Å². The first kappa shape index (κ1) is 9.61. The summed E-state index contributed by atoms with van der Waals surface area (Å²) in [5.74, 6) is -0.879. The summed E-state index contributed by atoms with van der Waals surface area (Å²) in [6.07, 6.45) is 0. The van der Waals surface area contributed by atoms with E-state index in [9.17, 15) is 4.79 Å². The van der Waals surface area contributed by atoms with Crippen LogP contribution in [0.4, 0.5) is 0 Å². The Balaban J connectivity index is 0.000000810. The van der Waals surface area contributed by atoms with Gasteiger partial charge in [-0.3, -0.25) is 0 Å². The summed E-state index contributed by atoms with van der Waals surface area (Å²) in [6.45, 7) is 0. The first-order valence-electron chi connectivity index (χ1n) is 2.59. The van der Waals surface area contributed by atoms with E-state index in [0.29, 0.717) is 5.56 Å². The molecule has 1 rings (SSSR count). The van der Waals surface area contributed by atoms with Crippen LogP contribution in [0.5, 0.6) is 0 Å². The second-order valence-electron chi connectivity index (χ2n) is 1.67. The molecule has 0 radical (unpaired) electrons. The summed E-state index contributed by atoms with van der Waals surface area (Å²) in [5, 5.41) is 8.38. The van der Waals surface area contributed by atoms with E-state index in [0.717, 1.165) is 0 Å². The molecule has 0 aromatic heterocycles. The minimum absolute atomic E-state index is 0. The Hall–Kier alpha value is -0.388. The normalized spacial score (nSPS) is 8.00. The maximum absolute atomic E-state index is 10.2. The largest absolute Gasteiger partial charge is 0.478 e. The van der Waals surface area contributed by atoms with Crippen molar-refractivity contribution in [3.8, 4) is 0 Å². The van der Waals surface area contributed by atoms with Gasteiger partial charge in [-0.05, 0) is 12.1 Å². The molecule has 10 heavy (non-hydrogen) atoms. The fourth-order valence-corrected chi connectivity index (χ4v) is 0.581. The summed E-state index contributed by atoms with van der Waals surface area (Å²) < 4.78 is 0. The van der Waals surface area contributed by atoms with Gasteiger partial charge in [0.1, 0.15) is 0 Å². The van der Waals surface area contributed by atoms with Crippen molar-refractivity contribution >= 4 is 5.97 Å². The van der Waals surface area contributed by atoms with Gasteiger partial charge in [-0.2, -0.15) is 0 Å². The SMILES string of the molecule is O=C(O)c1ccccc1.[Cd]. The number of carboxylic acid groups (broad SMARTS) is 1. The van der Waals surface area contributed by atoms with Gasteiger partial charge in [0.2, 0.25) is 0 Å². The number of hydrogen-bond donors (Lipinski definition) is 1. The summed E-state index contributed by atoms with van der Waals surface area (Å²) in [6, 6.07) is 8.30. The van der Waals surface area contributed by atoms with Crippen molar-refractivity contribution < 1.29 is 37.2 Å². The maximum atomic E-state index is 10.2. The second-order valence-corrected chi connectivity index (χ2v) is 1.67. The number of rotatable bonds is 1. The summed E-state index contributed by atoms with van der Waals surface area (Å²) in [5.41, 5.74) is 0.331. The van der Waals surface area contributed by atoms with E-state index in [-0.39, 0.29) is 27.3 Å². The Morgan fingerprint density at radius 2 is 1.70 bits per heavy atom. The van der Waals surface area contributed by atoms with E-state index in [1.54, 1.807) is 30.3 Å². The molecule has 1 N–H and O–H groups in total. The molecule has 0 fully saturated rings. The number of carbonyl (C=O) groups is 1. The van der Waals surface area contributed by atoms with Gasteiger partial charge in [-0.15, -0.1) is 0 Å². The molecule has 0 heterocycles. The molecule has 2 nitrogen and oxygen atoms in total. The molecule has 0 amide bonds. The molecule has 1 aromatic rings. The molecule has 0 bridgehead atoms. The van der Waals surface area contributed by atoms with Crippen LogP contribution in [-0.2, 0) is 27.3 Å². The summed E-state index contributed by atoms with van der Waals surface area (Å²) in [4.78, 5) is 10.2. The van der Waals surface area contributed by atoms with Crippen LogP contribution in [0.2, 0.25) is 0 Å². The van der Waals surface area contributed by atoms with Gasteiger partial charge in [0.05, 0.1) is 5.56 Å². The molecular weight excluding hydrogens is 228 g/mol. The molecule has 0 unspecified atom stereocenters.